The van der Waals surface area contributed by atoms with E-state index in [1.807, 2.05) is 0 Å². The SMILES string of the molecule is CN(C)NC(=O)/C=C/c1cc(Br)ccc1OC(F)F. The van der Waals surface area contributed by atoms with Crippen LogP contribution >= 0.6 is 15.9 Å². The number of hydrazine groups is 1. The third kappa shape index (κ3) is 5.80. The fraction of sp³-hybridized carbons (Fsp3) is 0.250. The normalized spacial score (nSPS) is 11.3. The number of nitrogens with zero attached hydrogens (tertiary/aromatic N) is 1. The Morgan fingerprint density at radius 1 is 1.47 bits per heavy atom. The van der Waals surface area contributed by atoms with Gasteiger partial charge in [0.15, 0.2) is 0 Å². The second kappa shape index (κ2) is 7.20. The fourth-order valence-electron chi connectivity index (χ4n) is 1.28. The van der Waals surface area contributed by atoms with E-state index in [0.717, 1.165) is 0 Å². The van der Waals surface area contributed by atoms with E-state index in [9.17, 15) is 13.6 Å². The van der Waals surface area contributed by atoms with Gasteiger partial charge in [0.25, 0.3) is 5.91 Å². The number of hydrogen-bond acceptors (Lipinski definition) is 3. The minimum atomic E-state index is -2.91. The molecule has 0 aliphatic heterocycles. The highest BCUT2D eigenvalue weighted by atomic mass is 79.9. The zero-order valence-electron chi connectivity index (χ0n) is 10.4. The van der Waals surface area contributed by atoms with Gasteiger partial charge in [-0.25, -0.2) is 5.01 Å². The van der Waals surface area contributed by atoms with E-state index in [0.29, 0.717) is 10.0 Å². The molecule has 0 radical (unpaired) electrons. The van der Waals surface area contributed by atoms with Gasteiger partial charge in [0.05, 0.1) is 0 Å². The van der Waals surface area contributed by atoms with Crippen LogP contribution in [0.2, 0.25) is 0 Å². The number of nitrogens with one attached hydrogen (secondary N) is 1. The molecule has 0 spiro atoms. The average molecular weight is 335 g/mol. The van der Waals surface area contributed by atoms with Gasteiger partial charge < -0.3 is 4.74 Å². The molecule has 4 nitrogen and oxygen atoms in total. The quantitative estimate of drug-likeness (QED) is 0.664. The lowest BCUT2D eigenvalue weighted by Crippen LogP contribution is -2.34. The van der Waals surface area contributed by atoms with E-state index in [-0.39, 0.29) is 11.7 Å². The number of alkyl halides is 2. The van der Waals surface area contributed by atoms with E-state index < -0.39 is 6.61 Å². The number of carbonyl (C=O) groups is 1. The van der Waals surface area contributed by atoms with Gasteiger partial charge in [0.1, 0.15) is 5.75 Å². The Morgan fingerprint density at radius 2 is 2.16 bits per heavy atom. The van der Waals surface area contributed by atoms with Crippen LogP contribution in [0.1, 0.15) is 5.56 Å². The van der Waals surface area contributed by atoms with Crippen LogP contribution < -0.4 is 10.2 Å². The van der Waals surface area contributed by atoms with Gasteiger partial charge >= 0.3 is 6.61 Å². The lowest BCUT2D eigenvalue weighted by atomic mass is 10.2. The summed E-state index contributed by atoms with van der Waals surface area (Å²) in [5, 5.41) is 1.48. The Bertz CT molecular complexity index is 479. The molecule has 0 unspecified atom stereocenters. The molecule has 1 aromatic carbocycles. The highest BCUT2D eigenvalue weighted by Gasteiger charge is 2.08. The minimum absolute atomic E-state index is 0.00658. The molecule has 7 heteroatoms. The summed E-state index contributed by atoms with van der Waals surface area (Å²) in [5.41, 5.74) is 2.87. The number of benzene rings is 1. The summed E-state index contributed by atoms with van der Waals surface area (Å²) < 4.78 is 29.5. The summed E-state index contributed by atoms with van der Waals surface area (Å²) in [5.74, 6) is -0.361. The lowest BCUT2D eigenvalue weighted by Gasteiger charge is -2.10. The van der Waals surface area contributed by atoms with E-state index in [1.54, 1.807) is 26.2 Å². The molecule has 0 aliphatic carbocycles. The fourth-order valence-corrected chi connectivity index (χ4v) is 1.65. The lowest BCUT2D eigenvalue weighted by molar-refractivity contribution is -0.119. The molecule has 0 aromatic heterocycles. The number of rotatable bonds is 5. The molecule has 0 fully saturated rings. The van der Waals surface area contributed by atoms with Crippen molar-refractivity contribution in [2.75, 3.05) is 14.1 Å². The third-order valence-corrected chi connectivity index (χ3v) is 2.43. The van der Waals surface area contributed by atoms with Crippen molar-refractivity contribution in [1.82, 2.24) is 10.4 Å². The molecule has 0 saturated heterocycles. The monoisotopic (exact) mass is 334 g/mol. The first kappa shape index (κ1) is 15.6. The van der Waals surface area contributed by atoms with Crippen molar-refractivity contribution in [3.05, 3.63) is 34.3 Å². The van der Waals surface area contributed by atoms with E-state index in [2.05, 4.69) is 26.1 Å². The maximum atomic E-state index is 12.2. The predicted molar refractivity (Wildman–Crippen MR) is 71.6 cm³/mol. The van der Waals surface area contributed by atoms with Crippen molar-refractivity contribution >= 4 is 27.9 Å². The molecular formula is C12H13BrF2N2O2. The van der Waals surface area contributed by atoms with Gasteiger partial charge in [-0.2, -0.15) is 8.78 Å². The molecule has 0 atom stereocenters. The van der Waals surface area contributed by atoms with Crippen molar-refractivity contribution in [3.8, 4) is 5.75 Å². The molecule has 19 heavy (non-hydrogen) atoms. The Balaban J connectivity index is 2.89. The first-order valence-corrected chi connectivity index (χ1v) is 6.08. The van der Waals surface area contributed by atoms with Gasteiger partial charge in [-0.3, -0.25) is 10.2 Å². The van der Waals surface area contributed by atoms with Crippen molar-refractivity contribution in [3.63, 3.8) is 0 Å². The summed E-state index contributed by atoms with van der Waals surface area (Å²) in [7, 11) is 3.33. The van der Waals surface area contributed by atoms with E-state index in [1.165, 1.54) is 23.2 Å². The van der Waals surface area contributed by atoms with Gasteiger partial charge in [-0.1, -0.05) is 15.9 Å². The molecule has 1 aromatic rings. The van der Waals surface area contributed by atoms with Gasteiger partial charge in [-0.15, -0.1) is 0 Å². The van der Waals surface area contributed by atoms with Crippen molar-refractivity contribution < 1.29 is 18.3 Å². The second-order valence-electron chi connectivity index (χ2n) is 3.76. The molecule has 1 amide bonds. The Hall–Kier alpha value is -1.47. The highest BCUT2D eigenvalue weighted by Crippen LogP contribution is 2.25. The zero-order valence-corrected chi connectivity index (χ0v) is 11.9. The number of halogens is 3. The molecule has 104 valence electrons. The summed E-state index contributed by atoms with van der Waals surface area (Å²) in [6.45, 7) is -2.91. The summed E-state index contributed by atoms with van der Waals surface area (Å²) >= 11 is 3.22. The molecule has 0 heterocycles. The highest BCUT2D eigenvalue weighted by molar-refractivity contribution is 9.10. The van der Waals surface area contributed by atoms with E-state index >= 15 is 0 Å². The van der Waals surface area contributed by atoms with Crippen LogP contribution in [0.25, 0.3) is 6.08 Å². The molecule has 0 saturated carbocycles. The van der Waals surface area contributed by atoms with Crippen molar-refractivity contribution in [2.45, 2.75) is 6.61 Å². The molecule has 0 aliphatic rings. The maximum Gasteiger partial charge on any atom is 0.387 e. The van der Waals surface area contributed by atoms with Crippen molar-refractivity contribution in [1.29, 1.82) is 0 Å². The van der Waals surface area contributed by atoms with Gasteiger partial charge in [-0.05, 0) is 24.3 Å². The van der Waals surface area contributed by atoms with Gasteiger partial charge in [0.2, 0.25) is 0 Å². The number of ether oxygens (including phenoxy) is 1. The average Bonchev–Trinajstić information content (AvgIpc) is 2.28. The molecule has 0 bridgehead atoms. The van der Waals surface area contributed by atoms with Crippen LogP contribution in [0, 0.1) is 0 Å². The maximum absolute atomic E-state index is 12.2. The number of carbonyl (C=O) groups excluding carboxylic acids is 1. The first-order chi connectivity index (χ1) is 8.88. The zero-order chi connectivity index (χ0) is 14.4. The summed E-state index contributed by atoms with van der Waals surface area (Å²) in [6.07, 6.45) is 2.64. The van der Waals surface area contributed by atoms with Gasteiger partial charge in [0, 0.05) is 30.2 Å². The standard InChI is InChI=1S/C12H13BrF2N2O2/c1-17(2)16-11(18)6-3-8-7-9(13)4-5-10(8)19-12(14)15/h3-7,12H,1-2H3,(H,16,18)/b6-3+. The Kier molecular flexibility index (Phi) is 5.91. The predicted octanol–water partition coefficient (Wildman–Crippen LogP) is 2.66. The summed E-state index contributed by atoms with van der Waals surface area (Å²) in [4.78, 5) is 11.4. The third-order valence-electron chi connectivity index (χ3n) is 1.94. The van der Waals surface area contributed by atoms with Crippen LogP contribution in [0.4, 0.5) is 8.78 Å². The smallest absolute Gasteiger partial charge is 0.387 e. The Labute approximate surface area is 118 Å². The molecule has 1 N–H and O–H groups in total. The number of hydrogen-bond donors (Lipinski definition) is 1. The van der Waals surface area contributed by atoms with Crippen LogP contribution in [-0.2, 0) is 4.79 Å². The topological polar surface area (TPSA) is 41.6 Å². The second-order valence-corrected chi connectivity index (χ2v) is 4.68. The first-order valence-electron chi connectivity index (χ1n) is 5.29. The minimum Gasteiger partial charge on any atom is -0.434 e. The van der Waals surface area contributed by atoms with Crippen LogP contribution in [0.15, 0.2) is 28.7 Å². The Morgan fingerprint density at radius 3 is 2.74 bits per heavy atom. The largest absolute Gasteiger partial charge is 0.434 e. The number of amides is 1. The van der Waals surface area contributed by atoms with Crippen molar-refractivity contribution in [2.24, 2.45) is 0 Å². The molecule has 1 rings (SSSR count). The van der Waals surface area contributed by atoms with E-state index in [4.69, 9.17) is 0 Å². The summed E-state index contributed by atoms with van der Waals surface area (Å²) in [6, 6.07) is 4.56. The van der Waals surface area contributed by atoms with Crippen LogP contribution in [0.3, 0.4) is 0 Å². The van der Waals surface area contributed by atoms with Crippen LogP contribution in [0.5, 0.6) is 5.75 Å². The van der Waals surface area contributed by atoms with Crippen LogP contribution in [-0.4, -0.2) is 31.6 Å². The molecular weight excluding hydrogens is 322 g/mol.